The molecule has 2 aromatic heterocycles. The molecule has 0 unspecified atom stereocenters. The number of aromatic nitrogens is 4. The second kappa shape index (κ2) is 9.14. The van der Waals surface area contributed by atoms with Gasteiger partial charge in [-0.2, -0.15) is 5.10 Å². The standard InChI is InChI=1S/C23H22ClN5O2/c1-16-5-4-6-17(11-16)14-28-15-26-22-19(23(28)31)13-27-29(22)10-9-25-21(30)12-18-7-2-3-8-20(18)24/h2-8,11,13,15H,9-10,12,14H2,1H3,(H,25,30). The zero-order chi connectivity index (χ0) is 21.8. The summed E-state index contributed by atoms with van der Waals surface area (Å²) in [6, 6.07) is 15.3. The predicted octanol–water partition coefficient (Wildman–Crippen LogP) is 2.96. The molecule has 0 atom stereocenters. The number of nitrogens with one attached hydrogen (secondary N) is 1. The van der Waals surface area contributed by atoms with E-state index in [1.807, 2.05) is 49.4 Å². The van der Waals surface area contributed by atoms with E-state index in [2.05, 4.69) is 15.4 Å². The van der Waals surface area contributed by atoms with Crippen LogP contribution < -0.4 is 10.9 Å². The lowest BCUT2D eigenvalue weighted by Crippen LogP contribution is -2.29. The fourth-order valence-corrected chi connectivity index (χ4v) is 3.66. The summed E-state index contributed by atoms with van der Waals surface area (Å²) < 4.78 is 3.21. The molecule has 0 bridgehead atoms. The molecule has 4 rings (SSSR count). The van der Waals surface area contributed by atoms with Crippen molar-refractivity contribution in [2.75, 3.05) is 6.54 Å². The molecule has 1 amide bonds. The van der Waals surface area contributed by atoms with Crippen LogP contribution in [0.1, 0.15) is 16.7 Å². The quantitative estimate of drug-likeness (QED) is 0.484. The van der Waals surface area contributed by atoms with Crippen molar-refractivity contribution in [1.82, 2.24) is 24.6 Å². The van der Waals surface area contributed by atoms with E-state index in [9.17, 15) is 9.59 Å². The molecule has 0 aliphatic rings. The maximum absolute atomic E-state index is 12.8. The average Bonchev–Trinajstić information content (AvgIpc) is 3.16. The Morgan fingerprint density at radius 2 is 2.00 bits per heavy atom. The van der Waals surface area contributed by atoms with Crippen LogP contribution in [0.2, 0.25) is 5.02 Å². The third-order valence-corrected chi connectivity index (χ3v) is 5.38. The van der Waals surface area contributed by atoms with Gasteiger partial charge in [-0.15, -0.1) is 0 Å². The van der Waals surface area contributed by atoms with Gasteiger partial charge < -0.3 is 5.32 Å². The minimum atomic E-state index is -0.138. The number of carbonyl (C=O) groups is 1. The number of nitrogens with zero attached hydrogens (tertiary/aromatic N) is 4. The molecule has 0 saturated carbocycles. The lowest BCUT2D eigenvalue weighted by Gasteiger charge is -2.08. The molecular weight excluding hydrogens is 414 g/mol. The Labute approximate surface area is 184 Å². The molecule has 2 aromatic carbocycles. The van der Waals surface area contributed by atoms with Crippen LogP contribution in [0.5, 0.6) is 0 Å². The highest BCUT2D eigenvalue weighted by molar-refractivity contribution is 6.31. The zero-order valence-electron chi connectivity index (χ0n) is 17.1. The first-order chi connectivity index (χ1) is 15.0. The first kappa shape index (κ1) is 20.8. The number of benzene rings is 2. The van der Waals surface area contributed by atoms with Crippen molar-refractivity contribution < 1.29 is 4.79 Å². The molecule has 158 valence electrons. The van der Waals surface area contributed by atoms with Crippen LogP contribution in [0.4, 0.5) is 0 Å². The summed E-state index contributed by atoms with van der Waals surface area (Å²) in [4.78, 5) is 29.5. The largest absolute Gasteiger partial charge is 0.354 e. The van der Waals surface area contributed by atoms with Crippen molar-refractivity contribution in [3.8, 4) is 0 Å². The summed E-state index contributed by atoms with van der Waals surface area (Å²) in [5, 5.41) is 8.16. The van der Waals surface area contributed by atoms with Gasteiger partial charge in [-0.1, -0.05) is 59.6 Å². The van der Waals surface area contributed by atoms with Gasteiger partial charge in [-0.3, -0.25) is 14.2 Å². The van der Waals surface area contributed by atoms with E-state index < -0.39 is 0 Å². The summed E-state index contributed by atoms with van der Waals surface area (Å²) in [5.74, 6) is -0.127. The molecule has 0 radical (unpaired) electrons. The van der Waals surface area contributed by atoms with Gasteiger partial charge in [0, 0.05) is 11.6 Å². The predicted molar refractivity (Wildman–Crippen MR) is 120 cm³/mol. The second-order valence-corrected chi connectivity index (χ2v) is 7.80. The minimum Gasteiger partial charge on any atom is -0.354 e. The fourth-order valence-electron chi connectivity index (χ4n) is 3.46. The summed E-state index contributed by atoms with van der Waals surface area (Å²) in [6.45, 7) is 3.25. The van der Waals surface area contributed by atoms with Gasteiger partial charge in [0.2, 0.25) is 5.91 Å². The van der Waals surface area contributed by atoms with Gasteiger partial charge in [0.15, 0.2) is 5.65 Å². The summed E-state index contributed by atoms with van der Waals surface area (Å²) in [7, 11) is 0. The van der Waals surface area contributed by atoms with Gasteiger partial charge in [0.25, 0.3) is 5.56 Å². The van der Waals surface area contributed by atoms with E-state index >= 15 is 0 Å². The molecule has 0 aliphatic carbocycles. The number of hydrogen-bond donors (Lipinski definition) is 1. The smallest absolute Gasteiger partial charge is 0.264 e. The minimum absolute atomic E-state index is 0.127. The number of aryl methyl sites for hydroxylation is 1. The van der Waals surface area contributed by atoms with Crippen LogP contribution in [-0.4, -0.2) is 31.8 Å². The van der Waals surface area contributed by atoms with Gasteiger partial charge in [-0.25, -0.2) is 9.67 Å². The lowest BCUT2D eigenvalue weighted by molar-refractivity contribution is -0.120. The van der Waals surface area contributed by atoms with Crippen LogP contribution in [0.15, 0.2) is 65.8 Å². The third-order valence-electron chi connectivity index (χ3n) is 5.01. The number of rotatable bonds is 7. The van der Waals surface area contributed by atoms with E-state index in [0.29, 0.717) is 35.7 Å². The normalized spacial score (nSPS) is 11.0. The number of hydrogen-bond acceptors (Lipinski definition) is 4. The zero-order valence-corrected chi connectivity index (χ0v) is 17.8. The van der Waals surface area contributed by atoms with E-state index in [-0.39, 0.29) is 17.9 Å². The highest BCUT2D eigenvalue weighted by atomic mass is 35.5. The number of fused-ring (bicyclic) bond motifs is 1. The SMILES string of the molecule is Cc1cccc(Cn2cnc3c(cnn3CCNC(=O)Cc3ccccc3Cl)c2=O)c1. The second-order valence-electron chi connectivity index (χ2n) is 7.39. The van der Waals surface area contributed by atoms with Gasteiger partial charge in [0.1, 0.15) is 11.7 Å². The monoisotopic (exact) mass is 435 g/mol. The van der Waals surface area contributed by atoms with Crippen LogP contribution in [0.25, 0.3) is 11.0 Å². The Morgan fingerprint density at radius 3 is 2.81 bits per heavy atom. The highest BCUT2D eigenvalue weighted by Crippen LogP contribution is 2.15. The topological polar surface area (TPSA) is 81.8 Å². The Hall–Kier alpha value is -3.45. The average molecular weight is 436 g/mol. The van der Waals surface area contributed by atoms with E-state index in [1.165, 1.54) is 6.20 Å². The van der Waals surface area contributed by atoms with Crippen LogP contribution in [0.3, 0.4) is 0 Å². The van der Waals surface area contributed by atoms with Crippen molar-refractivity contribution in [2.45, 2.75) is 26.4 Å². The number of carbonyl (C=O) groups excluding carboxylic acids is 1. The first-order valence-corrected chi connectivity index (χ1v) is 10.4. The van der Waals surface area contributed by atoms with Crippen molar-refractivity contribution in [2.24, 2.45) is 0 Å². The van der Waals surface area contributed by atoms with Crippen molar-refractivity contribution in [1.29, 1.82) is 0 Å². The molecule has 8 heteroatoms. The lowest BCUT2D eigenvalue weighted by atomic mass is 10.1. The first-order valence-electron chi connectivity index (χ1n) is 9.98. The number of amides is 1. The van der Waals surface area contributed by atoms with Crippen LogP contribution in [-0.2, 0) is 24.3 Å². The Balaban J connectivity index is 1.41. The molecule has 7 nitrogen and oxygen atoms in total. The molecule has 1 N–H and O–H groups in total. The van der Waals surface area contributed by atoms with E-state index in [1.54, 1.807) is 21.6 Å². The molecule has 2 heterocycles. The molecule has 4 aromatic rings. The summed E-state index contributed by atoms with van der Waals surface area (Å²) in [6.07, 6.45) is 3.28. The van der Waals surface area contributed by atoms with Crippen molar-refractivity contribution in [3.63, 3.8) is 0 Å². The molecule has 31 heavy (non-hydrogen) atoms. The highest BCUT2D eigenvalue weighted by Gasteiger charge is 2.11. The third kappa shape index (κ3) is 4.83. The molecule has 0 saturated heterocycles. The fraction of sp³-hybridized carbons (Fsp3) is 0.217. The van der Waals surface area contributed by atoms with E-state index in [4.69, 9.17) is 11.6 Å². The van der Waals surface area contributed by atoms with Gasteiger partial charge >= 0.3 is 0 Å². The Kier molecular flexibility index (Phi) is 6.13. The van der Waals surface area contributed by atoms with E-state index in [0.717, 1.165) is 16.7 Å². The van der Waals surface area contributed by atoms with Crippen molar-refractivity contribution in [3.05, 3.63) is 93.1 Å². The van der Waals surface area contributed by atoms with Crippen LogP contribution >= 0.6 is 11.6 Å². The maximum Gasteiger partial charge on any atom is 0.264 e. The number of halogens is 1. The summed E-state index contributed by atoms with van der Waals surface area (Å²) >= 11 is 6.10. The molecular formula is C23H22ClN5O2. The molecule has 0 aliphatic heterocycles. The van der Waals surface area contributed by atoms with Gasteiger partial charge in [-0.05, 0) is 24.1 Å². The summed E-state index contributed by atoms with van der Waals surface area (Å²) in [5.41, 5.74) is 3.33. The van der Waals surface area contributed by atoms with Crippen LogP contribution in [0, 0.1) is 6.92 Å². The molecule has 0 spiro atoms. The maximum atomic E-state index is 12.8. The Morgan fingerprint density at radius 1 is 1.16 bits per heavy atom. The van der Waals surface area contributed by atoms with Gasteiger partial charge in [0.05, 0.1) is 25.7 Å². The van der Waals surface area contributed by atoms with Crippen molar-refractivity contribution >= 4 is 28.5 Å². The molecule has 0 fully saturated rings. The Bertz CT molecular complexity index is 1290.